The second kappa shape index (κ2) is 6.29. The van der Waals surface area contributed by atoms with Gasteiger partial charge in [-0.1, -0.05) is 66.7 Å². The van der Waals surface area contributed by atoms with E-state index in [2.05, 4.69) is 0 Å². The molecule has 2 aliphatic heterocycles. The van der Waals surface area contributed by atoms with E-state index in [0.717, 1.165) is 11.3 Å². The Kier molecular flexibility index (Phi) is 3.83. The highest BCUT2D eigenvalue weighted by Crippen LogP contribution is 2.53. The van der Waals surface area contributed by atoms with E-state index >= 15 is 0 Å². The second-order valence-corrected chi connectivity index (χ2v) is 7.55. The van der Waals surface area contributed by atoms with E-state index < -0.39 is 17.4 Å². The molecule has 0 saturated carbocycles. The summed E-state index contributed by atoms with van der Waals surface area (Å²) in [5.41, 5.74) is 1.53. The van der Waals surface area contributed by atoms with Gasteiger partial charge in [0.15, 0.2) is 5.60 Å². The Morgan fingerprint density at radius 3 is 2.24 bits per heavy atom. The number of anilines is 2. The van der Waals surface area contributed by atoms with Crippen molar-refractivity contribution in [2.45, 2.75) is 18.1 Å². The van der Waals surface area contributed by atoms with E-state index in [1.54, 1.807) is 24.1 Å². The molecule has 0 aromatic heterocycles. The van der Waals surface area contributed by atoms with Crippen molar-refractivity contribution in [2.24, 2.45) is 0 Å². The van der Waals surface area contributed by atoms with E-state index in [4.69, 9.17) is 0 Å². The predicted molar refractivity (Wildman–Crippen MR) is 111 cm³/mol. The molecule has 2 heterocycles. The van der Waals surface area contributed by atoms with Gasteiger partial charge in [0, 0.05) is 18.3 Å². The minimum Gasteiger partial charge on any atom is -0.374 e. The number of rotatable bonds is 3. The Labute approximate surface area is 168 Å². The number of carbonyl (C=O) groups is 2. The molecule has 0 aliphatic carbocycles. The van der Waals surface area contributed by atoms with Crippen molar-refractivity contribution in [3.8, 4) is 0 Å². The van der Waals surface area contributed by atoms with Gasteiger partial charge in [-0.05, 0) is 23.3 Å². The topological polar surface area (TPSA) is 60.9 Å². The number of para-hydroxylation sites is 2. The van der Waals surface area contributed by atoms with Gasteiger partial charge in [-0.2, -0.15) is 0 Å². The first-order valence-electron chi connectivity index (χ1n) is 9.57. The summed E-state index contributed by atoms with van der Waals surface area (Å²) in [5.74, 6) is -1.72. The van der Waals surface area contributed by atoms with E-state index in [1.165, 1.54) is 4.90 Å². The third-order valence-electron chi connectivity index (χ3n) is 5.96. The van der Waals surface area contributed by atoms with Crippen LogP contribution in [0.2, 0.25) is 0 Å². The van der Waals surface area contributed by atoms with Crippen LogP contribution in [0.5, 0.6) is 0 Å². The first kappa shape index (κ1) is 17.6. The van der Waals surface area contributed by atoms with E-state index in [1.807, 2.05) is 66.7 Å². The van der Waals surface area contributed by atoms with Crippen LogP contribution in [0.4, 0.5) is 11.4 Å². The van der Waals surface area contributed by atoms with Gasteiger partial charge in [0.2, 0.25) is 5.91 Å². The fourth-order valence-corrected chi connectivity index (χ4v) is 4.55. The lowest BCUT2D eigenvalue weighted by Gasteiger charge is -2.28. The molecule has 2 amide bonds. The van der Waals surface area contributed by atoms with Gasteiger partial charge < -0.3 is 14.9 Å². The molecule has 5 nitrogen and oxygen atoms in total. The molecule has 1 N–H and O–H groups in total. The Bertz CT molecular complexity index is 1130. The summed E-state index contributed by atoms with van der Waals surface area (Å²) in [5, 5.41) is 11.9. The van der Waals surface area contributed by atoms with Crippen molar-refractivity contribution in [1.29, 1.82) is 0 Å². The summed E-state index contributed by atoms with van der Waals surface area (Å²) in [4.78, 5) is 29.9. The lowest BCUT2D eigenvalue weighted by molar-refractivity contribution is -0.144. The molecule has 29 heavy (non-hydrogen) atoms. The fourth-order valence-electron chi connectivity index (χ4n) is 4.55. The molecular weight excluding hydrogens is 364 g/mol. The monoisotopic (exact) mass is 384 g/mol. The Morgan fingerprint density at radius 1 is 0.862 bits per heavy atom. The standard InChI is InChI=1S/C24H20N2O3/c1-25-19-13-7-5-11-17(19)21(22(25)27)24(29)18-12-6-8-14-20(18)26(23(24)28)15-16-9-3-2-4-10-16/h2-14,21,29H,15H2,1H3/t21-,24+/m0/s1. The molecule has 0 saturated heterocycles. The highest BCUT2D eigenvalue weighted by atomic mass is 16.3. The van der Waals surface area contributed by atoms with Crippen molar-refractivity contribution in [3.05, 3.63) is 95.6 Å². The van der Waals surface area contributed by atoms with Gasteiger partial charge >= 0.3 is 0 Å². The molecule has 0 bridgehead atoms. The van der Waals surface area contributed by atoms with Crippen molar-refractivity contribution >= 4 is 23.2 Å². The molecule has 5 heteroatoms. The highest BCUT2D eigenvalue weighted by Gasteiger charge is 2.60. The normalized spacial score (nSPS) is 22.8. The summed E-state index contributed by atoms with van der Waals surface area (Å²) < 4.78 is 0. The summed E-state index contributed by atoms with van der Waals surface area (Å²) in [7, 11) is 1.68. The maximum atomic E-state index is 13.6. The smallest absolute Gasteiger partial charge is 0.265 e. The van der Waals surface area contributed by atoms with Gasteiger partial charge in [0.25, 0.3) is 5.91 Å². The zero-order chi connectivity index (χ0) is 20.2. The summed E-state index contributed by atoms with van der Waals surface area (Å²) in [6.45, 7) is 0.331. The maximum absolute atomic E-state index is 13.6. The number of aliphatic hydroxyl groups is 1. The SMILES string of the molecule is CN1C(=O)[C@@H]([C@@]2(O)C(=O)N(Cc3ccccc3)c3ccccc32)c2ccccc21. The second-order valence-electron chi connectivity index (χ2n) is 7.55. The Balaban J connectivity index is 1.66. The third kappa shape index (κ3) is 2.37. The lowest BCUT2D eigenvalue weighted by atomic mass is 9.78. The van der Waals surface area contributed by atoms with Crippen LogP contribution < -0.4 is 9.80 Å². The number of nitrogens with zero attached hydrogens (tertiary/aromatic N) is 2. The van der Waals surface area contributed by atoms with E-state index in [9.17, 15) is 14.7 Å². The first-order chi connectivity index (χ1) is 14.0. The number of fused-ring (bicyclic) bond motifs is 2. The third-order valence-corrected chi connectivity index (χ3v) is 5.96. The van der Waals surface area contributed by atoms with E-state index in [0.29, 0.717) is 23.4 Å². The van der Waals surface area contributed by atoms with Crippen LogP contribution in [0.15, 0.2) is 78.9 Å². The molecule has 3 aromatic carbocycles. The molecule has 0 fully saturated rings. The van der Waals surface area contributed by atoms with Crippen LogP contribution in [0.3, 0.4) is 0 Å². The molecular formula is C24H20N2O3. The highest BCUT2D eigenvalue weighted by molar-refractivity contribution is 6.15. The molecule has 2 atom stereocenters. The van der Waals surface area contributed by atoms with Crippen molar-refractivity contribution < 1.29 is 14.7 Å². The van der Waals surface area contributed by atoms with Crippen molar-refractivity contribution in [3.63, 3.8) is 0 Å². The largest absolute Gasteiger partial charge is 0.374 e. The molecule has 0 unspecified atom stereocenters. The minimum absolute atomic E-state index is 0.279. The van der Waals surface area contributed by atoms with Crippen LogP contribution in [0, 0.1) is 0 Å². The fraction of sp³-hybridized carbons (Fsp3) is 0.167. The minimum atomic E-state index is -1.94. The van der Waals surface area contributed by atoms with E-state index in [-0.39, 0.29) is 5.91 Å². The van der Waals surface area contributed by atoms with Crippen LogP contribution in [-0.4, -0.2) is 24.0 Å². The lowest BCUT2D eigenvalue weighted by Crippen LogP contribution is -2.47. The van der Waals surface area contributed by atoms with Gasteiger partial charge in [0.1, 0.15) is 5.92 Å². The van der Waals surface area contributed by atoms with Gasteiger partial charge in [-0.3, -0.25) is 9.59 Å². The van der Waals surface area contributed by atoms with Gasteiger partial charge in [-0.15, -0.1) is 0 Å². The molecule has 0 spiro atoms. The molecule has 0 radical (unpaired) electrons. The van der Waals surface area contributed by atoms with Crippen molar-refractivity contribution in [2.75, 3.05) is 16.8 Å². The summed E-state index contributed by atoms with van der Waals surface area (Å²) >= 11 is 0. The quantitative estimate of drug-likeness (QED) is 0.755. The average molecular weight is 384 g/mol. The number of hydrogen-bond acceptors (Lipinski definition) is 3. The number of likely N-dealkylation sites (N-methyl/N-ethyl adjacent to an activating group) is 1. The summed E-state index contributed by atoms with van der Waals surface area (Å²) in [6, 6.07) is 24.2. The van der Waals surface area contributed by atoms with Crippen LogP contribution in [0.25, 0.3) is 0 Å². The Morgan fingerprint density at radius 2 is 1.48 bits per heavy atom. The van der Waals surface area contributed by atoms with Crippen molar-refractivity contribution in [1.82, 2.24) is 0 Å². The zero-order valence-electron chi connectivity index (χ0n) is 15.9. The number of benzene rings is 3. The maximum Gasteiger partial charge on any atom is 0.265 e. The zero-order valence-corrected chi connectivity index (χ0v) is 15.9. The molecule has 5 rings (SSSR count). The Hall–Kier alpha value is -3.44. The predicted octanol–water partition coefficient (Wildman–Crippen LogP) is 3.18. The molecule has 2 aliphatic rings. The van der Waals surface area contributed by atoms with Gasteiger partial charge in [0.05, 0.1) is 12.2 Å². The van der Waals surface area contributed by atoms with Crippen LogP contribution in [0.1, 0.15) is 22.6 Å². The summed E-state index contributed by atoms with van der Waals surface area (Å²) in [6.07, 6.45) is 0. The molecule has 3 aromatic rings. The number of carbonyl (C=O) groups excluding carboxylic acids is 2. The first-order valence-corrected chi connectivity index (χ1v) is 9.57. The number of amides is 2. The van der Waals surface area contributed by atoms with Crippen LogP contribution in [-0.2, 0) is 21.7 Å². The molecule has 144 valence electrons. The van der Waals surface area contributed by atoms with Gasteiger partial charge in [-0.25, -0.2) is 0 Å². The van der Waals surface area contributed by atoms with Crippen LogP contribution >= 0.6 is 0 Å². The number of hydrogen-bond donors (Lipinski definition) is 1. The average Bonchev–Trinajstić information content (AvgIpc) is 3.13.